The fraction of sp³-hybridized carbons (Fsp3) is 0.294. The summed E-state index contributed by atoms with van der Waals surface area (Å²) >= 11 is 0. The Bertz CT molecular complexity index is 1670. The predicted octanol–water partition coefficient (Wildman–Crippen LogP) is 6.96. The zero-order chi connectivity index (χ0) is 31.2. The molecule has 2 heterocycles. The average molecular weight is 598 g/mol. The van der Waals surface area contributed by atoms with Crippen LogP contribution in [-0.4, -0.2) is 46.6 Å². The van der Waals surface area contributed by atoms with Crippen molar-refractivity contribution in [2.45, 2.75) is 46.2 Å². The minimum absolute atomic E-state index is 0.0563. The second-order valence-electron chi connectivity index (χ2n) is 10.8. The lowest BCUT2D eigenvalue weighted by Gasteiger charge is -2.32. The first-order valence-corrected chi connectivity index (χ1v) is 14.5. The molecule has 0 atom stereocenters. The first-order chi connectivity index (χ1) is 21.2. The topological polar surface area (TPSA) is 100 Å². The van der Waals surface area contributed by atoms with E-state index in [1.807, 2.05) is 38.1 Å². The van der Waals surface area contributed by atoms with Gasteiger partial charge < -0.3 is 14.8 Å². The summed E-state index contributed by atoms with van der Waals surface area (Å²) < 4.78 is 38.9. The first-order valence-electron chi connectivity index (χ1n) is 14.5. The van der Waals surface area contributed by atoms with Gasteiger partial charge in [-0.25, -0.2) is 18.6 Å². The van der Waals surface area contributed by atoms with Crippen LogP contribution in [0.4, 0.5) is 14.7 Å². The Hall–Kier alpha value is -4.88. The summed E-state index contributed by atoms with van der Waals surface area (Å²) in [5.41, 5.74) is 4.80. The maximum absolute atomic E-state index is 14.1. The molecule has 226 valence electrons. The van der Waals surface area contributed by atoms with Gasteiger partial charge in [-0.1, -0.05) is 18.2 Å². The molecular formula is C34H33F2N5O3. The van der Waals surface area contributed by atoms with Crippen LogP contribution < -0.4 is 10.1 Å². The van der Waals surface area contributed by atoms with Crippen molar-refractivity contribution in [1.82, 2.24) is 14.9 Å². The number of likely N-dealkylation sites (tertiary alicyclic amines) is 1. The van der Waals surface area contributed by atoms with E-state index in [1.165, 1.54) is 18.3 Å². The van der Waals surface area contributed by atoms with Gasteiger partial charge in [0, 0.05) is 37.3 Å². The van der Waals surface area contributed by atoms with E-state index < -0.39 is 17.6 Å². The number of benzene rings is 3. The number of hydrogen-bond donors (Lipinski definition) is 1. The fourth-order valence-electron chi connectivity index (χ4n) is 5.28. The molecule has 0 unspecified atom stereocenters. The Morgan fingerprint density at radius 2 is 1.75 bits per heavy atom. The molecule has 1 N–H and O–H groups in total. The monoisotopic (exact) mass is 597 g/mol. The molecule has 3 aromatic carbocycles. The van der Waals surface area contributed by atoms with Crippen LogP contribution >= 0.6 is 0 Å². The van der Waals surface area contributed by atoms with E-state index in [-0.39, 0.29) is 24.1 Å². The number of aryl methyl sites for hydroxylation is 2. The lowest BCUT2D eigenvalue weighted by Crippen LogP contribution is -2.39. The number of esters is 1. The van der Waals surface area contributed by atoms with Gasteiger partial charge in [0.05, 0.1) is 24.4 Å². The highest BCUT2D eigenvalue weighted by Gasteiger charge is 2.24. The second-order valence-corrected chi connectivity index (χ2v) is 10.8. The molecule has 0 spiro atoms. The summed E-state index contributed by atoms with van der Waals surface area (Å²) in [7, 11) is 0. The molecule has 8 nitrogen and oxygen atoms in total. The third-order valence-corrected chi connectivity index (χ3v) is 7.59. The Kier molecular flexibility index (Phi) is 9.46. The lowest BCUT2D eigenvalue weighted by molar-refractivity contribution is 0.0522. The third kappa shape index (κ3) is 7.18. The van der Waals surface area contributed by atoms with Crippen molar-refractivity contribution in [2.24, 2.45) is 0 Å². The minimum Gasteiger partial charge on any atom is -0.462 e. The van der Waals surface area contributed by atoms with Crippen molar-refractivity contribution in [3.8, 4) is 28.8 Å². The zero-order valence-corrected chi connectivity index (χ0v) is 24.9. The van der Waals surface area contributed by atoms with E-state index in [2.05, 4.69) is 26.3 Å². The van der Waals surface area contributed by atoms with Crippen LogP contribution in [0.15, 0.2) is 60.8 Å². The number of aromatic nitrogens is 2. The van der Waals surface area contributed by atoms with Crippen molar-refractivity contribution >= 4 is 11.9 Å². The molecule has 0 radical (unpaired) electrons. The first kappa shape index (κ1) is 30.6. The van der Waals surface area contributed by atoms with Crippen molar-refractivity contribution < 1.29 is 23.0 Å². The summed E-state index contributed by atoms with van der Waals surface area (Å²) in [5.74, 6) is -0.735. The quantitative estimate of drug-likeness (QED) is 0.207. The maximum atomic E-state index is 14.1. The number of carbonyl (C=O) groups excluding carboxylic acids is 1. The van der Waals surface area contributed by atoms with Crippen LogP contribution in [-0.2, 0) is 11.3 Å². The zero-order valence-electron chi connectivity index (χ0n) is 24.9. The smallest absolute Gasteiger partial charge is 0.345 e. The van der Waals surface area contributed by atoms with E-state index in [4.69, 9.17) is 14.7 Å². The van der Waals surface area contributed by atoms with Gasteiger partial charge in [0.15, 0.2) is 0 Å². The van der Waals surface area contributed by atoms with Crippen molar-refractivity contribution in [3.63, 3.8) is 0 Å². The predicted molar refractivity (Wildman–Crippen MR) is 162 cm³/mol. The van der Waals surface area contributed by atoms with Crippen molar-refractivity contribution in [2.75, 3.05) is 25.0 Å². The molecule has 0 saturated carbocycles. The molecule has 4 aromatic rings. The molecule has 1 aromatic heterocycles. The van der Waals surface area contributed by atoms with Gasteiger partial charge >= 0.3 is 5.97 Å². The highest BCUT2D eigenvalue weighted by atomic mass is 19.1. The van der Waals surface area contributed by atoms with Crippen molar-refractivity contribution in [3.05, 3.63) is 100 Å². The number of rotatable bonds is 9. The van der Waals surface area contributed by atoms with Gasteiger partial charge in [-0.15, -0.1) is 0 Å². The number of nitriles is 1. The summed E-state index contributed by atoms with van der Waals surface area (Å²) in [6.45, 7) is 7.59. The van der Waals surface area contributed by atoms with E-state index in [1.54, 1.807) is 19.1 Å². The maximum Gasteiger partial charge on any atom is 0.345 e. The molecule has 0 bridgehead atoms. The molecular weight excluding hydrogens is 564 g/mol. The van der Waals surface area contributed by atoms with Crippen LogP contribution in [0, 0.1) is 36.8 Å². The van der Waals surface area contributed by atoms with Gasteiger partial charge in [-0.2, -0.15) is 10.2 Å². The van der Waals surface area contributed by atoms with E-state index >= 15 is 0 Å². The van der Waals surface area contributed by atoms with Crippen LogP contribution in [0.1, 0.15) is 52.4 Å². The number of piperidine rings is 1. The second kappa shape index (κ2) is 13.6. The van der Waals surface area contributed by atoms with Crippen molar-refractivity contribution in [1.29, 1.82) is 5.26 Å². The van der Waals surface area contributed by atoms with Gasteiger partial charge in [0.2, 0.25) is 11.8 Å². The highest BCUT2D eigenvalue weighted by Crippen LogP contribution is 2.34. The highest BCUT2D eigenvalue weighted by molar-refractivity contribution is 5.91. The molecule has 1 saturated heterocycles. The number of anilines is 1. The molecule has 1 aliphatic rings. The van der Waals surface area contributed by atoms with E-state index in [0.29, 0.717) is 42.5 Å². The van der Waals surface area contributed by atoms with E-state index in [0.717, 1.165) is 41.2 Å². The molecule has 1 fully saturated rings. The Morgan fingerprint density at radius 3 is 2.39 bits per heavy atom. The van der Waals surface area contributed by atoms with Crippen LogP contribution in [0.3, 0.4) is 0 Å². The Labute approximate surface area is 255 Å². The van der Waals surface area contributed by atoms with Gasteiger partial charge in [0.25, 0.3) is 0 Å². The van der Waals surface area contributed by atoms with Crippen LogP contribution in [0.25, 0.3) is 11.1 Å². The molecule has 1 aliphatic heterocycles. The molecule has 5 rings (SSSR count). The molecule has 0 aliphatic carbocycles. The average Bonchev–Trinajstić information content (AvgIpc) is 3.01. The Morgan fingerprint density at radius 1 is 1.05 bits per heavy atom. The fourth-order valence-corrected chi connectivity index (χ4v) is 5.28. The number of nitrogens with zero attached hydrogens (tertiary/aromatic N) is 4. The number of halogens is 2. The number of carbonyl (C=O) groups is 1. The molecule has 0 amide bonds. The third-order valence-electron chi connectivity index (χ3n) is 7.59. The van der Waals surface area contributed by atoms with E-state index in [9.17, 15) is 13.6 Å². The Balaban J connectivity index is 1.32. The lowest BCUT2D eigenvalue weighted by atomic mass is 9.99. The SMILES string of the molecule is CCOC(=O)c1cnc(NC2CCN(Cc3ccc(F)cc3F)CC2)nc1Oc1c(C)cc(-c2ccc(C#N)cc2)cc1C. The van der Waals surface area contributed by atoms with Gasteiger partial charge in [0.1, 0.15) is 22.9 Å². The summed E-state index contributed by atoms with van der Waals surface area (Å²) in [6, 6.07) is 17.2. The molecule has 44 heavy (non-hydrogen) atoms. The standard InChI is InChI=1S/C34H33F2N5O3/c1-4-43-33(42)29-19-38-34(39-28-11-13-41(14-12-28)20-25-9-10-27(35)17-30(25)36)40-32(29)44-31-21(2)15-26(16-22(31)3)24-7-5-23(18-37)6-8-24/h5-10,15-17,19,28H,4,11-14,20H2,1-3H3,(H,38,39,40). The molecule has 10 heteroatoms. The number of ether oxygens (including phenoxy) is 2. The summed E-state index contributed by atoms with van der Waals surface area (Å²) in [5, 5.41) is 12.5. The number of nitrogens with one attached hydrogen (secondary N) is 1. The van der Waals surface area contributed by atoms with Crippen LogP contribution in [0.5, 0.6) is 11.6 Å². The normalized spacial score (nSPS) is 13.7. The minimum atomic E-state index is -0.586. The van der Waals surface area contributed by atoms with Gasteiger partial charge in [-0.05, 0) is 86.2 Å². The summed E-state index contributed by atoms with van der Waals surface area (Å²) in [4.78, 5) is 23.8. The largest absolute Gasteiger partial charge is 0.462 e. The van der Waals surface area contributed by atoms with Gasteiger partial charge in [-0.3, -0.25) is 4.90 Å². The summed E-state index contributed by atoms with van der Waals surface area (Å²) in [6.07, 6.45) is 2.93. The number of hydrogen-bond acceptors (Lipinski definition) is 8. The van der Waals surface area contributed by atoms with Crippen LogP contribution in [0.2, 0.25) is 0 Å².